The van der Waals surface area contributed by atoms with E-state index in [9.17, 15) is 24.1 Å². The van der Waals surface area contributed by atoms with E-state index >= 15 is 4.39 Å². The molecule has 4 rings (SSSR count). The number of hydrogen-bond donors (Lipinski definition) is 3. The number of fused-ring (bicyclic) bond motifs is 1. The van der Waals surface area contributed by atoms with Gasteiger partial charge in [0, 0.05) is 22.3 Å². The molecule has 1 saturated heterocycles. The summed E-state index contributed by atoms with van der Waals surface area (Å²) in [7, 11) is -4.40. The van der Waals surface area contributed by atoms with Crippen LogP contribution in [0.5, 0.6) is 5.75 Å². The average molecular weight is 600 g/mol. The number of aromatic nitrogens is 2. The zero-order valence-electron chi connectivity index (χ0n) is 22.5. The monoisotopic (exact) mass is 599 g/mol. The number of aliphatic hydroxyl groups is 1. The smallest absolute Gasteiger partial charge is 0.459 e. The average Bonchev–Trinajstić information content (AvgIpc) is 3.35. The Morgan fingerprint density at radius 1 is 1.32 bits per heavy atom. The lowest BCUT2D eigenvalue weighted by molar-refractivity contribution is -0.149. The number of carbonyl (C=O) groups excluding carboxylic acids is 1. The van der Waals surface area contributed by atoms with E-state index in [0.29, 0.717) is 5.39 Å². The highest BCUT2D eigenvalue weighted by atomic mass is 32.1. The van der Waals surface area contributed by atoms with E-state index < -0.39 is 67.8 Å². The topological polar surface area (TPSA) is 158 Å². The van der Waals surface area contributed by atoms with Crippen LogP contribution in [0.15, 0.2) is 45.4 Å². The van der Waals surface area contributed by atoms with Gasteiger partial charge in [-0.05, 0) is 57.7 Å². The Labute approximate surface area is 232 Å². The number of aryl methyl sites for hydroxylation is 1. The van der Waals surface area contributed by atoms with Gasteiger partial charge in [0.1, 0.15) is 24.0 Å². The zero-order chi connectivity index (χ0) is 29.4. The van der Waals surface area contributed by atoms with Crippen molar-refractivity contribution >= 4 is 35.1 Å². The molecular formula is C25H31FN3O9PS. The summed E-state index contributed by atoms with van der Waals surface area (Å²) in [4.78, 5) is 38.2. The molecule has 0 bridgehead atoms. The maximum atomic E-state index is 15.6. The third-order valence-electron chi connectivity index (χ3n) is 6.25. The van der Waals surface area contributed by atoms with Crippen molar-refractivity contribution < 1.29 is 37.4 Å². The summed E-state index contributed by atoms with van der Waals surface area (Å²) in [6.07, 6.45) is -4.25. The number of carbonyl (C=O) groups is 1. The summed E-state index contributed by atoms with van der Waals surface area (Å²) in [5.41, 5.74) is -3.26. The van der Waals surface area contributed by atoms with E-state index in [-0.39, 0.29) is 5.75 Å². The van der Waals surface area contributed by atoms with Crippen molar-refractivity contribution in [2.45, 2.75) is 70.9 Å². The van der Waals surface area contributed by atoms with Gasteiger partial charge in [-0.2, -0.15) is 5.09 Å². The number of ether oxygens (including phenoxy) is 2. The second-order valence-corrected chi connectivity index (χ2v) is 12.5. The second-order valence-electron chi connectivity index (χ2n) is 9.91. The first-order chi connectivity index (χ1) is 18.7. The lowest BCUT2D eigenvalue weighted by Gasteiger charge is -2.26. The van der Waals surface area contributed by atoms with Crippen molar-refractivity contribution in [2.24, 2.45) is 0 Å². The van der Waals surface area contributed by atoms with Crippen molar-refractivity contribution in [3.05, 3.63) is 62.2 Å². The minimum atomic E-state index is -4.40. The SMILES string of the molecule is Cc1csc2cccc(OP(=O)(N[C@@H](C)C(=O)OC(C)C)OC[C@H]3O[C@@H](n4ccc(=O)[nH]c4=O)[C@](C)(F)[C@@H]3O)c12. The molecule has 2 aromatic heterocycles. The van der Waals surface area contributed by atoms with Gasteiger partial charge in [-0.15, -0.1) is 11.3 Å². The van der Waals surface area contributed by atoms with Gasteiger partial charge >= 0.3 is 19.4 Å². The van der Waals surface area contributed by atoms with Gasteiger partial charge < -0.3 is 19.1 Å². The first-order valence-corrected chi connectivity index (χ1v) is 14.9. The number of rotatable bonds is 10. The number of nitrogens with one attached hydrogen (secondary N) is 2. The molecule has 0 aliphatic carbocycles. The normalized spacial score (nSPS) is 25.1. The van der Waals surface area contributed by atoms with Crippen LogP contribution in [-0.2, 0) is 23.4 Å². The fourth-order valence-electron chi connectivity index (χ4n) is 4.26. The first kappa shape index (κ1) is 30.1. The van der Waals surface area contributed by atoms with Gasteiger partial charge in [0.25, 0.3) is 5.56 Å². The van der Waals surface area contributed by atoms with E-state index in [2.05, 4.69) is 5.09 Å². The molecule has 0 amide bonds. The number of halogens is 1. The van der Waals surface area contributed by atoms with Gasteiger partial charge in [-0.1, -0.05) is 6.07 Å². The molecule has 1 aromatic carbocycles. The Kier molecular flexibility index (Phi) is 8.69. The Morgan fingerprint density at radius 2 is 2.05 bits per heavy atom. The molecule has 40 heavy (non-hydrogen) atoms. The van der Waals surface area contributed by atoms with Crippen LogP contribution in [0.1, 0.15) is 39.5 Å². The van der Waals surface area contributed by atoms with Crippen LogP contribution in [0.25, 0.3) is 10.1 Å². The van der Waals surface area contributed by atoms with Crippen LogP contribution in [0.3, 0.4) is 0 Å². The third kappa shape index (κ3) is 6.22. The molecular weight excluding hydrogens is 568 g/mol. The summed E-state index contributed by atoms with van der Waals surface area (Å²) >= 11 is 1.46. The number of H-pyrrole nitrogens is 1. The lowest BCUT2D eigenvalue weighted by atomic mass is 9.98. The van der Waals surface area contributed by atoms with Gasteiger partial charge in [0.05, 0.1) is 12.7 Å². The minimum absolute atomic E-state index is 0.220. The Hall–Kier alpha value is -2.87. The molecule has 0 spiro atoms. The van der Waals surface area contributed by atoms with Crippen molar-refractivity contribution in [3.63, 3.8) is 0 Å². The fraction of sp³-hybridized carbons (Fsp3) is 0.480. The maximum Gasteiger partial charge on any atom is 0.459 e. The summed E-state index contributed by atoms with van der Waals surface area (Å²) in [6.45, 7) is 6.97. The van der Waals surface area contributed by atoms with Crippen LogP contribution in [0.2, 0.25) is 0 Å². The number of benzene rings is 1. The Balaban J connectivity index is 1.60. The maximum absolute atomic E-state index is 15.6. The minimum Gasteiger partial charge on any atom is -0.462 e. The van der Waals surface area contributed by atoms with Crippen LogP contribution in [-0.4, -0.2) is 57.3 Å². The van der Waals surface area contributed by atoms with Gasteiger partial charge in [-0.3, -0.25) is 23.7 Å². The largest absolute Gasteiger partial charge is 0.462 e. The number of aliphatic hydroxyl groups excluding tert-OH is 1. The number of esters is 1. The molecule has 218 valence electrons. The van der Waals surface area contributed by atoms with Crippen LogP contribution in [0.4, 0.5) is 4.39 Å². The summed E-state index contributed by atoms with van der Waals surface area (Å²) in [5, 5.41) is 15.9. The number of hydrogen-bond acceptors (Lipinski definition) is 10. The number of thiophene rings is 1. The third-order valence-corrected chi connectivity index (χ3v) is 8.95. The van der Waals surface area contributed by atoms with Gasteiger partial charge in [-0.25, -0.2) is 13.8 Å². The van der Waals surface area contributed by atoms with E-state index in [4.69, 9.17) is 18.5 Å². The first-order valence-electron chi connectivity index (χ1n) is 12.4. The molecule has 1 aliphatic heterocycles. The zero-order valence-corrected chi connectivity index (χ0v) is 24.2. The number of nitrogens with zero attached hydrogens (tertiary/aromatic N) is 1. The highest BCUT2D eigenvalue weighted by Crippen LogP contribution is 2.49. The van der Waals surface area contributed by atoms with E-state index in [1.807, 2.05) is 23.4 Å². The predicted octanol–water partition coefficient (Wildman–Crippen LogP) is 3.18. The lowest BCUT2D eigenvalue weighted by Crippen LogP contribution is -2.43. The predicted molar refractivity (Wildman–Crippen MR) is 145 cm³/mol. The van der Waals surface area contributed by atoms with Crippen LogP contribution >= 0.6 is 19.1 Å². The number of aromatic amines is 1. The summed E-state index contributed by atoms with van der Waals surface area (Å²) < 4.78 is 53.6. The molecule has 0 radical (unpaired) electrons. The fourth-order valence-corrected chi connectivity index (χ4v) is 6.73. The van der Waals surface area contributed by atoms with Crippen LogP contribution < -0.4 is 20.9 Å². The summed E-state index contributed by atoms with van der Waals surface area (Å²) in [6, 6.07) is 5.04. The molecule has 3 aromatic rings. The standard InChI is InChI=1S/C25H31FN3O9PS/c1-13(2)36-22(32)15(4)28-39(34,38-16-7-6-8-18-20(16)14(3)12-40-18)35-11-17-21(31)25(5,26)23(37-17)29-10-9-19(30)27-24(29)33/h6-10,12-13,15,17,21,23,31H,11H2,1-5H3,(H,28,34)(H,27,30,33)/t15-,17+,21+,23+,25+,39?/m0/s1. The highest BCUT2D eigenvalue weighted by molar-refractivity contribution is 7.52. The molecule has 0 saturated carbocycles. The Bertz CT molecular complexity index is 1550. The van der Waals surface area contributed by atoms with Crippen molar-refractivity contribution in [3.8, 4) is 5.75 Å². The van der Waals surface area contributed by atoms with Crippen molar-refractivity contribution in [2.75, 3.05) is 6.61 Å². The molecule has 6 atom stereocenters. The second kappa shape index (κ2) is 11.6. The quantitative estimate of drug-likeness (QED) is 0.233. The van der Waals surface area contributed by atoms with Gasteiger partial charge in [0.15, 0.2) is 11.9 Å². The number of alkyl halides is 1. The molecule has 3 heterocycles. The van der Waals surface area contributed by atoms with E-state index in [1.54, 1.807) is 26.0 Å². The molecule has 1 unspecified atom stereocenters. The molecule has 1 aliphatic rings. The van der Waals surface area contributed by atoms with E-state index in [1.165, 1.54) is 18.3 Å². The molecule has 1 fully saturated rings. The Morgan fingerprint density at radius 3 is 2.73 bits per heavy atom. The van der Waals surface area contributed by atoms with Gasteiger partial charge in [0.2, 0.25) is 0 Å². The van der Waals surface area contributed by atoms with Crippen molar-refractivity contribution in [1.29, 1.82) is 0 Å². The van der Waals surface area contributed by atoms with Crippen molar-refractivity contribution in [1.82, 2.24) is 14.6 Å². The molecule has 15 heteroatoms. The van der Waals surface area contributed by atoms with E-state index in [0.717, 1.165) is 34.0 Å². The molecule has 12 nitrogen and oxygen atoms in total. The summed E-state index contributed by atoms with van der Waals surface area (Å²) in [5.74, 6) is -0.490. The highest BCUT2D eigenvalue weighted by Gasteiger charge is 2.56. The molecule has 3 N–H and O–H groups in total. The van der Waals surface area contributed by atoms with Crippen LogP contribution in [0, 0.1) is 6.92 Å².